The van der Waals surface area contributed by atoms with Gasteiger partial charge in [0.2, 0.25) is 11.9 Å². The Hall–Kier alpha value is -4.82. The van der Waals surface area contributed by atoms with Gasteiger partial charge >= 0.3 is 18.1 Å². The maximum Gasteiger partial charge on any atom is 0.471 e. The lowest BCUT2D eigenvalue weighted by Crippen LogP contribution is -2.45. The lowest BCUT2D eigenvalue weighted by Gasteiger charge is -2.31. The van der Waals surface area contributed by atoms with E-state index in [1.54, 1.807) is 11.8 Å². The first-order valence-corrected chi connectivity index (χ1v) is 14.7. The number of para-hydroxylation sites is 1. The van der Waals surface area contributed by atoms with Crippen molar-refractivity contribution < 1.29 is 36.3 Å². The van der Waals surface area contributed by atoms with Gasteiger partial charge in [-0.15, -0.1) is 0 Å². The molecule has 0 atom stereocenters. The van der Waals surface area contributed by atoms with Crippen LogP contribution in [0.3, 0.4) is 0 Å². The molecule has 3 aromatic rings. The van der Waals surface area contributed by atoms with Crippen LogP contribution in [-0.4, -0.2) is 64.6 Å². The molecule has 0 bridgehead atoms. The van der Waals surface area contributed by atoms with E-state index >= 15 is 8.78 Å². The van der Waals surface area contributed by atoms with Crippen molar-refractivity contribution in [1.29, 1.82) is 0 Å². The van der Waals surface area contributed by atoms with Crippen molar-refractivity contribution in [1.82, 2.24) is 20.2 Å². The maximum absolute atomic E-state index is 15.0. The van der Waals surface area contributed by atoms with Crippen molar-refractivity contribution in [2.75, 3.05) is 34.8 Å². The van der Waals surface area contributed by atoms with Crippen LogP contribution in [0, 0.1) is 18.6 Å². The Labute approximate surface area is 261 Å². The highest BCUT2D eigenvalue weighted by molar-refractivity contribution is 6.02. The number of hydrogen-bond acceptors (Lipinski definition) is 6. The number of carbonyl (C=O) groups excluding carboxylic acids is 3. The number of carbonyl (C=O) groups is 3. The number of likely N-dealkylation sites (tertiary alicyclic amines) is 1. The van der Waals surface area contributed by atoms with E-state index in [1.165, 1.54) is 32.0 Å². The number of amides is 4. The van der Waals surface area contributed by atoms with Crippen LogP contribution in [0.2, 0.25) is 0 Å². The number of nitrogens with one attached hydrogen (secondary N) is 2. The molecule has 3 heterocycles. The number of rotatable bonds is 9. The molecular weight excluding hydrogens is 613 g/mol. The number of urea groups is 1. The summed E-state index contributed by atoms with van der Waals surface area (Å²) < 4.78 is 70.7. The Kier molecular flexibility index (Phi) is 9.13. The zero-order chi connectivity index (χ0) is 33.3. The highest BCUT2D eigenvalue weighted by Crippen LogP contribution is 2.40. The van der Waals surface area contributed by atoms with Crippen LogP contribution in [-0.2, 0) is 16.1 Å². The second-order valence-corrected chi connectivity index (χ2v) is 11.3. The van der Waals surface area contributed by atoms with Crippen LogP contribution in [0.5, 0.6) is 0 Å². The molecule has 1 saturated heterocycles. The van der Waals surface area contributed by atoms with Crippen molar-refractivity contribution in [3.8, 4) is 11.3 Å². The minimum Gasteiger partial charge on any atom is -0.354 e. The summed E-state index contributed by atoms with van der Waals surface area (Å²) in [6, 6.07) is 5.73. The molecule has 4 amide bonds. The third kappa shape index (κ3) is 6.44. The highest BCUT2D eigenvalue weighted by atomic mass is 19.4. The standard InChI is InChI=1S/C31H32F5N7O3/c1-17(2)42(28(45)31(34,35)36)19-11-10-18(3)20(15-19)25-21-16-38-30(46)43(26-22(32)7-4-8-23(26)33)27(21)40-29(39-25)37-12-6-14-41-13-5-9-24(41)44/h4,7-8,10-11,15,17H,5-6,9,12-14,16H2,1-3H3,(H,38,46)(H,37,39,40). The molecule has 5 rings (SSSR count). The van der Waals surface area contributed by atoms with Crippen molar-refractivity contribution in [2.24, 2.45) is 0 Å². The molecule has 2 aliphatic rings. The van der Waals surface area contributed by atoms with Crippen LogP contribution >= 0.6 is 0 Å². The lowest BCUT2D eigenvalue weighted by atomic mass is 9.98. The smallest absolute Gasteiger partial charge is 0.354 e. The number of alkyl halides is 3. The van der Waals surface area contributed by atoms with E-state index in [2.05, 4.69) is 20.6 Å². The molecule has 46 heavy (non-hydrogen) atoms. The minimum absolute atomic E-state index is 0.0187. The second kappa shape index (κ2) is 12.9. The van der Waals surface area contributed by atoms with Crippen LogP contribution in [0.4, 0.5) is 49.9 Å². The molecule has 15 heteroatoms. The Morgan fingerprint density at radius 3 is 2.46 bits per heavy atom. The van der Waals surface area contributed by atoms with Gasteiger partial charge in [-0.1, -0.05) is 12.1 Å². The molecule has 244 valence electrons. The summed E-state index contributed by atoms with van der Waals surface area (Å²) in [4.78, 5) is 49.8. The molecule has 10 nitrogen and oxygen atoms in total. The maximum atomic E-state index is 15.0. The molecule has 2 aromatic carbocycles. The Bertz CT molecular complexity index is 1660. The number of nitrogens with zero attached hydrogens (tertiary/aromatic N) is 5. The lowest BCUT2D eigenvalue weighted by molar-refractivity contribution is -0.170. The molecule has 2 N–H and O–H groups in total. The van der Waals surface area contributed by atoms with E-state index in [0.717, 1.165) is 29.5 Å². The molecule has 0 unspecified atom stereocenters. The van der Waals surface area contributed by atoms with Crippen molar-refractivity contribution in [3.05, 3.63) is 59.2 Å². The van der Waals surface area contributed by atoms with E-state index in [0.29, 0.717) is 48.5 Å². The largest absolute Gasteiger partial charge is 0.471 e. The number of aromatic nitrogens is 2. The topological polar surface area (TPSA) is 111 Å². The van der Waals surface area contributed by atoms with Gasteiger partial charge in [0.15, 0.2) is 5.82 Å². The number of hydrogen-bond donors (Lipinski definition) is 2. The molecule has 2 aliphatic heterocycles. The molecule has 1 fully saturated rings. The Balaban J connectivity index is 1.62. The van der Waals surface area contributed by atoms with Crippen LogP contribution < -0.4 is 20.4 Å². The van der Waals surface area contributed by atoms with Crippen molar-refractivity contribution in [3.63, 3.8) is 0 Å². The van der Waals surface area contributed by atoms with E-state index < -0.39 is 41.5 Å². The predicted octanol–water partition coefficient (Wildman–Crippen LogP) is 5.82. The van der Waals surface area contributed by atoms with E-state index in [-0.39, 0.29) is 41.2 Å². The number of anilines is 4. The molecular formula is C31H32F5N7O3. The highest BCUT2D eigenvalue weighted by Gasteiger charge is 2.44. The SMILES string of the molecule is Cc1ccc(N(C(=O)C(F)(F)F)C(C)C)cc1-c1nc(NCCCN2CCCC2=O)nc2c1CNC(=O)N2c1c(F)cccc1F. The van der Waals surface area contributed by atoms with Gasteiger partial charge in [-0.3, -0.25) is 9.59 Å². The molecule has 1 aromatic heterocycles. The van der Waals surface area contributed by atoms with Gasteiger partial charge < -0.3 is 20.4 Å². The summed E-state index contributed by atoms with van der Waals surface area (Å²) in [5.41, 5.74) is 0.572. The monoisotopic (exact) mass is 645 g/mol. The third-order valence-electron chi connectivity index (χ3n) is 7.77. The first-order chi connectivity index (χ1) is 21.8. The third-order valence-corrected chi connectivity index (χ3v) is 7.77. The predicted molar refractivity (Wildman–Crippen MR) is 161 cm³/mol. The number of halogens is 5. The fourth-order valence-electron chi connectivity index (χ4n) is 5.58. The summed E-state index contributed by atoms with van der Waals surface area (Å²) >= 11 is 0. The van der Waals surface area contributed by atoms with Crippen molar-refractivity contribution in [2.45, 2.75) is 58.8 Å². The van der Waals surface area contributed by atoms with Crippen LogP contribution in [0.15, 0.2) is 36.4 Å². The van der Waals surface area contributed by atoms with Gasteiger partial charge in [-0.25, -0.2) is 23.5 Å². The van der Waals surface area contributed by atoms with Gasteiger partial charge in [-0.2, -0.15) is 18.2 Å². The van der Waals surface area contributed by atoms with Crippen molar-refractivity contribution >= 4 is 41.0 Å². The van der Waals surface area contributed by atoms with Gasteiger partial charge in [0.25, 0.3) is 0 Å². The Morgan fingerprint density at radius 1 is 1.11 bits per heavy atom. The van der Waals surface area contributed by atoms with Crippen LogP contribution in [0.25, 0.3) is 11.3 Å². The van der Waals surface area contributed by atoms with Gasteiger partial charge in [0.05, 0.1) is 12.2 Å². The average molecular weight is 646 g/mol. The number of fused-ring (bicyclic) bond motifs is 1. The first-order valence-electron chi connectivity index (χ1n) is 14.7. The minimum atomic E-state index is -5.13. The summed E-state index contributed by atoms with van der Waals surface area (Å²) in [7, 11) is 0. The summed E-state index contributed by atoms with van der Waals surface area (Å²) in [6.45, 7) is 5.87. The fourth-order valence-corrected chi connectivity index (χ4v) is 5.58. The Morgan fingerprint density at radius 2 is 1.83 bits per heavy atom. The van der Waals surface area contributed by atoms with Gasteiger partial charge in [0.1, 0.15) is 17.3 Å². The first kappa shape index (κ1) is 32.6. The zero-order valence-electron chi connectivity index (χ0n) is 25.3. The number of benzene rings is 2. The second-order valence-electron chi connectivity index (χ2n) is 11.3. The number of aryl methyl sites for hydroxylation is 1. The summed E-state index contributed by atoms with van der Waals surface area (Å²) in [6.07, 6.45) is -3.33. The van der Waals surface area contributed by atoms with Gasteiger partial charge in [-0.05, 0) is 63.4 Å². The summed E-state index contributed by atoms with van der Waals surface area (Å²) in [5.74, 6) is -4.18. The molecule has 0 saturated carbocycles. The quantitative estimate of drug-likeness (QED) is 0.224. The average Bonchev–Trinajstić information content (AvgIpc) is 3.40. The zero-order valence-corrected chi connectivity index (χ0v) is 25.3. The van der Waals surface area contributed by atoms with E-state index in [9.17, 15) is 27.6 Å². The molecule has 0 spiro atoms. The summed E-state index contributed by atoms with van der Waals surface area (Å²) in [5, 5.41) is 5.63. The van der Waals surface area contributed by atoms with E-state index in [1.807, 2.05) is 0 Å². The van der Waals surface area contributed by atoms with Crippen LogP contribution in [0.1, 0.15) is 44.2 Å². The molecule has 0 aliphatic carbocycles. The fraction of sp³-hybridized carbons (Fsp3) is 0.387. The molecule has 0 radical (unpaired) electrons. The van der Waals surface area contributed by atoms with E-state index in [4.69, 9.17) is 0 Å². The van der Waals surface area contributed by atoms with Gasteiger partial charge in [0, 0.05) is 48.9 Å². The normalized spacial score (nSPS) is 14.9.